The molecule has 1 atom stereocenters. The van der Waals surface area contributed by atoms with Gasteiger partial charge >= 0.3 is 24.2 Å². The van der Waals surface area contributed by atoms with Crippen LogP contribution in [-0.2, 0) is 25.4 Å². The molecule has 0 fully saturated rings. The summed E-state index contributed by atoms with van der Waals surface area (Å²) in [7, 11) is 1.14. The number of ether oxygens (including phenoxy) is 3. The number of amides is 3. The fourth-order valence-electron chi connectivity index (χ4n) is 2.87. The Morgan fingerprint density at radius 1 is 1.06 bits per heavy atom. The molecule has 1 heterocycles. The molecule has 0 aromatic carbocycles. The van der Waals surface area contributed by atoms with Crippen LogP contribution in [0.15, 0.2) is 18.3 Å². The normalized spacial score (nSPS) is 13.3. The van der Waals surface area contributed by atoms with E-state index in [-0.39, 0.29) is 18.7 Å². The molecule has 1 aromatic rings. The molecular formula is C23H35N3O8S. The fraction of sp³-hybridized carbons (Fsp3) is 0.609. The number of aliphatic carboxylic acids is 1. The number of imide groups is 1. The highest BCUT2D eigenvalue weighted by Gasteiger charge is 2.41. The Hall–Kier alpha value is -3.02. The Balaban J connectivity index is 3.48. The topological polar surface area (TPSA) is 144 Å². The van der Waals surface area contributed by atoms with Gasteiger partial charge in [-0.15, -0.1) is 0 Å². The summed E-state index contributed by atoms with van der Waals surface area (Å²) in [6.07, 6.45) is 0.168. The first kappa shape index (κ1) is 30.0. The first-order chi connectivity index (χ1) is 16.0. The Bertz CT molecular complexity index is 898. The number of alkyl carbamates (subject to hydrolysis) is 1. The summed E-state index contributed by atoms with van der Waals surface area (Å²) in [5.74, 6) is -0.935. The smallest absolute Gasteiger partial charge is 0.425 e. The molecule has 1 unspecified atom stereocenters. The molecule has 196 valence electrons. The lowest BCUT2D eigenvalue weighted by Gasteiger charge is -2.30. The van der Waals surface area contributed by atoms with E-state index in [2.05, 4.69) is 15.0 Å². The van der Waals surface area contributed by atoms with Crippen molar-refractivity contribution in [3.63, 3.8) is 0 Å². The summed E-state index contributed by atoms with van der Waals surface area (Å²) in [5.41, 5.74) is -3.12. The van der Waals surface area contributed by atoms with E-state index in [0.29, 0.717) is 16.2 Å². The molecule has 2 N–H and O–H groups in total. The average Bonchev–Trinajstić information content (AvgIpc) is 2.69. The maximum atomic E-state index is 12.9. The second kappa shape index (κ2) is 12.1. The largest absolute Gasteiger partial charge is 0.479 e. The van der Waals surface area contributed by atoms with Crippen molar-refractivity contribution < 1.29 is 38.5 Å². The Labute approximate surface area is 209 Å². The number of hydrogen-bond acceptors (Lipinski definition) is 9. The van der Waals surface area contributed by atoms with Crippen LogP contribution in [0.25, 0.3) is 0 Å². The molecule has 12 heteroatoms. The van der Waals surface area contributed by atoms with E-state index in [1.54, 1.807) is 41.5 Å². The zero-order chi connectivity index (χ0) is 27.0. The van der Waals surface area contributed by atoms with Gasteiger partial charge in [-0.2, -0.15) is 16.7 Å². The average molecular weight is 514 g/mol. The molecule has 0 aliphatic rings. The van der Waals surface area contributed by atoms with E-state index >= 15 is 0 Å². The van der Waals surface area contributed by atoms with Crippen LogP contribution in [0.3, 0.4) is 0 Å². The van der Waals surface area contributed by atoms with Gasteiger partial charge in [0.1, 0.15) is 22.6 Å². The third kappa shape index (κ3) is 9.63. The molecule has 1 rings (SSSR count). The van der Waals surface area contributed by atoms with Crippen molar-refractivity contribution in [1.82, 2.24) is 10.3 Å². The van der Waals surface area contributed by atoms with Crippen molar-refractivity contribution in [3.05, 3.63) is 23.9 Å². The number of rotatable bonds is 8. The van der Waals surface area contributed by atoms with E-state index in [1.165, 1.54) is 30.1 Å². The van der Waals surface area contributed by atoms with Crippen molar-refractivity contribution in [1.29, 1.82) is 0 Å². The monoisotopic (exact) mass is 513 g/mol. The van der Waals surface area contributed by atoms with Crippen LogP contribution in [0.5, 0.6) is 0 Å². The molecule has 0 aliphatic heterocycles. The molecule has 35 heavy (non-hydrogen) atoms. The maximum Gasteiger partial charge on any atom is 0.425 e. The first-order valence-electron chi connectivity index (χ1n) is 10.8. The van der Waals surface area contributed by atoms with Gasteiger partial charge < -0.3 is 24.6 Å². The molecule has 3 amide bonds. The summed E-state index contributed by atoms with van der Waals surface area (Å²) in [5, 5.41) is 12.4. The predicted octanol–water partition coefficient (Wildman–Crippen LogP) is 4.23. The number of nitrogens with zero attached hydrogens (tertiary/aromatic N) is 2. The zero-order valence-corrected chi connectivity index (χ0v) is 22.3. The fourth-order valence-corrected chi connectivity index (χ4v) is 3.42. The van der Waals surface area contributed by atoms with Crippen molar-refractivity contribution in [2.75, 3.05) is 24.0 Å². The van der Waals surface area contributed by atoms with Gasteiger partial charge in [0.25, 0.3) is 0 Å². The van der Waals surface area contributed by atoms with E-state index in [1.807, 2.05) is 6.26 Å². The minimum absolute atomic E-state index is 0.0953. The number of carbonyl (C=O) groups is 4. The van der Waals surface area contributed by atoms with Crippen LogP contribution in [0.1, 0.15) is 53.5 Å². The SMILES string of the molecule is COC(=O)NC(CCSC)(Cc1ccnc(N(C(=O)OC(C)(C)C)C(=O)OC(C)(C)C)c1)C(=O)O. The minimum atomic E-state index is -1.70. The van der Waals surface area contributed by atoms with Crippen LogP contribution in [0.4, 0.5) is 20.2 Å². The lowest BCUT2D eigenvalue weighted by Crippen LogP contribution is -2.56. The Morgan fingerprint density at radius 2 is 1.60 bits per heavy atom. The number of carbonyl (C=O) groups excluding carboxylic acids is 3. The number of anilines is 1. The van der Waals surface area contributed by atoms with Crippen LogP contribution in [-0.4, -0.2) is 70.2 Å². The number of hydrogen-bond donors (Lipinski definition) is 2. The van der Waals surface area contributed by atoms with Gasteiger partial charge in [-0.3, -0.25) is 0 Å². The number of aromatic nitrogens is 1. The summed E-state index contributed by atoms with van der Waals surface area (Å²) < 4.78 is 15.4. The van der Waals surface area contributed by atoms with Crippen LogP contribution in [0.2, 0.25) is 0 Å². The molecule has 0 saturated carbocycles. The molecule has 0 bridgehead atoms. The van der Waals surface area contributed by atoms with Gasteiger partial charge in [-0.1, -0.05) is 0 Å². The van der Waals surface area contributed by atoms with Gasteiger partial charge in [0.2, 0.25) is 0 Å². The highest BCUT2D eigenvalue weighted by molar-refractivity contribution is 7.98. The third-order valence-electron chi connectivity index (χ3n) is 4.37. The standard InChI is InChI=1S/C23H35N3O8S/c1-21(2,3)33-19(30)26(20(31)34-22(4,5)6)16-13-15(9-11-24-16)14-23(17(27)28,10-12-35-8)25-18(29)32-7/h9,11,13H,10,12,14H2,1-8H3,(H,25,29)(H,27,28). The number of carboxylic acid groups (broad SMARTS) is 1. The van der Waals surface area contributed by atoms with Crippen LogP contribution < -0.4 is 10.2 Å². The number of thioether (sulfide) groups is 1. The highest BCUT2D eigenvalue weighted by Crippen LogP contribution is 2.25. The van der Waals surface area contributed by atoms with Crippen molar-refractivity contribution in [2.24, 2.45) is 0 Å². The van der Waals surface area contributed by atoms with Gasteiger partial charge in [0, 0.05) is 12.6 Å². The number of pyridine rings is 1. The molecule has 0 saturated heterocycles. The second-order valence-corrected chi connectivity index (χ2v) is 10.7. The summed E-state index contributed by atoms with van der Waals surface area (Å²) in [6, 6.07) is 2.91. The van der Waals surface area contributed by atoms with Gasteiger partial charge in [0.05, 0.1) is 7.11 Å². The summed E-state index contributed by atoms with van der Waals surface area (Å²) >= 11 is 1.42. The number of methoxy groups -OCH3 is 1. The maximum absolute atomic E-state index is 12.9. The van der Waals surface area contributed by atoms with Gasteiger partial charge in [0.15, 0.2) is 0 Å². The van der Waals surface area contributed by atoms with Crippen molar-refractivity contribution >= 4 is 41.8 Å². The second-order valence-electron chi connectivity index (χ2n) is 9.74. The highest BCUT2D eigenvalue weighted by atomic mass is 32.2. The zero-order valence-electron chi connectivity index (χ0n) is 21.5. The molecule has 0 radical (unpaired) electrons. The van der Waals surface area contributed by atoms with Crippen molar-refractivity contribution in [3.8, 4) is 0 Å². The number of carboxylic acids is 1. The first-order valence-corrected chi connectivity index (χ1v) is 12.2. The third-order valence-corrected chi connectivity index (χ3v) is 4.98. The quantitative estimate of drug-likeness (QED) is 0.484. The summed E-state index contributed by atoms with van der Waals surface area (Å²) in [4.78, 5) is 54.8. The van der Waals surface area contributed by atoms with E-state index in [4.69, 9.17) is 9.47 Å². The summed E-state index contributed by atoms with van der Waals surface area (Å²) in [6.45, 7) is 9.88. The molecular weight excluding hydrogens is 478 g/mol. The van der Waals surface area contributed by atoms with Gasteiger partial charge in [-0.25, -0.2) is 24.2 Å². The lowest BCUT2D eigenvalue weighted by atomic mass is 9.88. The van der Waals surface area contributed by atoms with E-state index < -0.39 is 41.0 Å². The molecule has 0 spiro atoms. The van der Waals surface area contributed by atoms with E-state index in [9.17, 15) is 24.3 Å². The molecule has 1 aromatic heterocycles. The Morgan fingerprint density at radius 3 is 2.03 bits per heavy atom. The Kier molecular flexibility index (Phi) is 10.4. The molecule has 11 nitrogen and oxygen atoms in total. The van der Waals surface area contributed by atoms with Crippen molar-refractivity contribution in [2.45, 2.75) is 71.1 Å². The van der Waals surface area contributed by atoms with Crippen LogP contribution in [0, 0.1) is 0 Å². The van der Waals surface area contributed by atoms with E-state index in [0.717, 1.165) is 7.11 Å². The van der Waals surface area contributed by atoms with Crippen LogP contribution >= 0.6 is 11.8 Å². The molecule has 0 aliphatic carbocycles. The lowest BCUT2D eigenvalue weighted by molar-refractivity contribution is -0.144. The number of nitrogens with one attached hydrogen (secondary N) is 1. The predicted molar refractivity (Wildman–Crippen MR) is 132 cm³/mol. The minimum Gasteiger partial charge on any atom is -0.479 e. The van der Waals surface area contributed by atoms with Gasteiger partial charge in [-0.05, 0) is 77.7 Å².